The first-order chi connectivity index (χ1) is 9.78. The summed E-state index contributed by atoms with van der Waals surface area (Å²) in [5, 5.41) is 2.77. The predicted octanol–water partition coefficient (Wildman–Crippen LogP) is 3.49. The highest BCUT2D eigenvalue weighted by Crippen LogP contribution is 2.28. The molecule has 2 rings (SSSR count). The molecule has 0 heterocycles. The summed E-state index contributed by atoms with van der Waals surface area (Å²) in [6, 6.07) is 9.39. The number of hydrogen-bond acceptors (Lipinski definition) is 2. The van der Waals surface area contributed by atoms with Crippen LogP contribution in [-0.2, 0) is 11.3 Å². The molecule has 1 saturated carbocycles. The third-order valence-electron chi connectivity index (χ3n) is 3.75. The summed E-state index contributed by atoms with van der Waals surface area (Å²) in [6.45, 7) is 0.271. The molecule has 1 atom stereocenters. The maximum atomic E-state index is 11.7. The molecule has 1 fully saturated rings. The first-order valence-electron chi connectivity index (χ1n) is 7.21. The number of hydrogen-bond donors (Lipinski definition) is 1. The van der Waals surface area contributed by atoms with Gasteiger partial charge in [-0.3, -0.25) is 0 Å². The number of carbonyl (C=O) groups excluding carboxylic acids is 1. The molecule has 0 spiro atoms. The fourth-order valence-corrected chi connectivity index (χ4v) is 2.66. The lowest BCUT2D eigenvalue weighted by molar-refractivity contribution is 0.136. The van der Waals surface area contributed by atoms with Crippen molar-refractivity contribution in [3.05, 3.63) is 35.9 Å². The summed E-state index contributed by atoms with van der Waals surface area (Å²) in [6.07, 6.45) is 10.9. The van der Waals surface area contributed by atoms with Crippen molar-refractivity contribution in [3.8, 4) is 12.3 Å². The molecule has 0 saturated heterocycles. The lowest BCUT2D eigenvalue weighted by Crippen LogP contribution is -2.35. The molecule has 106 valence electrons. The Morgan fingerprint density at radius 2 is 2.05 bits per heavy atom. The van der Waals surface area contributed by atoms with Crippen molar-refractivity contribution in [1.29, 1.82) is 0 Å². The van der Waals surface area contributed by atoms with E-state index in [0.717, 1.165) is 12.0 Å². The standard InChI is InChI=1S/C17H21NO2/c1-2-16(12-14-8-6-7-9-14)18-17(19)20-13-15-10-4-3-5-11-15/h1,3-5,10-11,14,16H,6-9,12-13H2,(H,18,19). The molecular formula is C17H21NO2. The number of terminal acetylenes is 1. The zero-order chi connectivity index (χ0) is 14.2. The van der Waals surface area contributed by atoms with Gasteiger partial charge in [-0.1, -0.05) is 61.9 Å². The van der Waals surface area contributed by atoms with Gasteiger partial charge in [-0.15, -0.1) is 6.42 Å². The van der Waals surface area contributed by atoms with Gasteiger partial charge in [0, 0.05) is 0 Å². The highest BCUT2D eigenvalue weighted by Gasteiger charge is 2.20. The van der Waals surface area contributed by atoms with Crippen molar-refractivity contribution in [1.82, 2.24) is 5.32 Å². The monoisotopic (exact) mass is 271 g/mol. The summed E-state index contributed by atoms with van der Waals surface area (Å²) in [4.78, 5) is 11.7. The Hall–Kier alpha value is -1.95. The molecule has 1 amide bonds. The average Bonchev–Trinajstić information content (AvgIpc) is 2.98. The number of amides is 1. The van der Waals surface area contributed by atoms with Gasteiger partial charge in [0.1, 0.15) is 6.61 Å². The summed E-state index contributed by atoms with van der Waals surface area (Å²) in [5.41, 5.74) is 0.968. The van der Waals surface area contributed by atoms with E-state index in [-0.39, 0.29) is 12.6 Å². The van der Waals surface area contributed by atoms with E-state index in [1.54, 1.807) is 0 Å². The van der Waals surface area contributed by atoms with Gasteiger partial charge in [-0.05, 0) is 17.9 Å². The third kappa shape index (κ3) is 4.62. The molecule has 3 nitrogen and oxygen atoms in total. The van der Waals surface area contributed by atoms with Crippen molar-refractivity contribution in [2.75, 3.05) is 0 Å². The van der Waals surface area contributed by atoms with E-state index in [1.165, 1.54) is 25.7 Å². The van der Waals surface area contributed by atoms with E-state index in [1.807, 2.05) is 30.3 Å². The fraction of sp³-hybridized carbons (Fsp3) is 0.471. The second kappa shape index (κ2) is 7.59. The number of carbonyl (C=O) groups is 1. The van der Waals surface area contributed by atoms with Crippen LogP contribution >= 0.6 is 0 Å². The van der Waals surface area contributed by atoms with Crippen molar-refractivity contribution in [3.63, 3.8) is 0 Å². The van der Waals surface area contributed by atoms with Crippen LogP contribution in [0.1, 0.15) is 37.7 Å². The third-order valence-corrected chi connectivity index (χ3v) is 3.75. The Morgan fingerprint density at radius 3 is 2.70 bits per heavy atom. The van der Waals surface area contributed by atoms with Gasteiger partial charge in [0.05, 0.1) is 6.04 Å². The maximum Gasteiger partial charge on any atom is 0.408 e. The molecule has 1 N–H and O–H groups in total. The lowest BCUT2D eigenvalue weighted by Gasteiger charge is -2.17. The van der Waals surface area contributed by atoms with E-state index >= 15 is 0 Å². The van der Waals surface area contributed by atoms with Crippen LogP contribution in [0.15, 0.2) is 30.3 Å². The molecule has 0 radical (unpaired) electrons. The number of nitrogens with one attached hydrogen (secondary N) is 1. The number of rotatable bonds is 5. The first-order valence-corrected chi connectivity index (χ1v) is 7.21. The van der Waals surface area contributed by atoms with Gasteiger partial charge in [0.25, 0.3) is 0 Å². The summed E-state index contributed by atoms with van der Waals surface area (Å²) >= 11 is 0. The minimum absolute atomic E-state index is 0.221. The van der Waals surface area contributed by atoms with Crippen LogP contribution in [0.2, 0.25) is 0 Å². The lowest BCUT2D eigenvalue weighted by atomic mass is 9.99. The average molecular weight is 271 g/mol. The van der Waals surface area contributed by atoms with Crippen LogP contribution in [0.5, 0.6) is 0 Å². The van der Waals surface area contributed by atoms with Gasteiger partial charge >= 0.3 is 6.09 Å². The molecular weight excluding hydrogens is 250 g/mol. The smallest absolute Gasteiger partial charge is 0.408 e. The second-order valence-corrected chi connectivity index (χ2v) is 5.31. The molecule has 0 aromatic heterocycles. The van der Waals surface area contributed by atoms with Crippen molar-refractivity contribution in [2.24, 2.45) is 5.92 Å². The number of ether oxygens (including phenoxy) is 1. The number of benzene rings is 1. The largest absolute Gasteiger partial charge is 0.445 e. The van der Waals surface area contributed by atoms with E-state index in [2.05, 4.69) is 11.2 Å². The summed E-state index contributed by atoms with van der Waals surface area (Å²) in [5.74, 6) is 3.29. The molecule has 1 aromatic carbocycles. The van der Waals surface area contributed by atoms with Gasteiger partial charge in [-0.2, -0.15) is 0 Å². The normalized spacial score (nSPS) is 16.4. The first kappa shape index (κ1) is 14.5. The molecule has 0 bridgehead atoms. The highest BCUT2D eigenvalue weighted by atomic mass is 16.5. The van der Waals surface area contributed by atoms with Crippen molar-refractivity contribution in [2.45, 2.75) is 44.8 Å². The van der Waals surface area contributed by atoms with Crippen LogP contribution in [0.4, 0.5) is 4.79 Å². The minimum Gasteiger partial charge on any atom is -0.445 e. The van der Waals surface area contributed by atoms with Crippen LogP contribution in [0, 0.1) is 18.3 Å². The maximum absolute atomic E-state index is 11.7. The van der Waals surface area contributed by atoms with E-state index in [4.69, 9.17) is 11.2 Å². The molecule has 1 aliphatic rings. The highest BCUT2D eigenvalue weighted by molar-refractivity contribution is 5.68. The zero-order valence-electron chi connectivity index (χ0n) is 11.7. The molecule has 1 aliphatic carbocycles. The van der Waals surface area contributed by atoms with Gasteiger partial charge < -0.3 is 10.1 Å². The molecule has 1 unspecified atom stereocenters. The molecule has 0 aliphatic heterocycles. The van der Waals surface area contributed by atoms with Crippen LogP contribution < -0.4 is 5.32 Å². The Bertz CT molecular complexity index is 458. The van der Waals surface area contributed by atoms with Gasteiger partial charge in [0.15, 0.2) is 0 Å². The Kier molecular flexibility index (Phi) is 5.49. The topological polar surface area (TPSA) is 38.3 Å². The summed E-state index contributed by atoms with van der Waals surface area (Å²) in [7, 11) is 0. The van der Waals surface area contributed by atoms with Crippen molar-refractivity contribution < 1.29 is 9.53 Å². The fourth-order valence-electron chi connectivity index (χ4n) is 2.66. The van der Waals surface area contributed by atoms with Gasteiger partial charge in [0.2, 0.25) is 0 Å². The van der Waals surface area contributed by atoms with E-state index < -0.39 is 6.09 Å². The van der Waals surface area contributed by atoms with E-state index in [9.17, 15) is 4.79 Å². The molecule has 3 heteroatoms. The van der Waals surface area contributed by atoms with E-state index in [0.29, 0.717) is 5.92 Å². The zero-order valence-corrected chi connectivity index (χ0v) is 11.7. The van der Waals surface area contributed by atoms with Crippen LogP contribution in [-0.4, -0.2) is 12.1 Å². The second-order valence-electron chi connectivity index (χ2n) is 5.31. The van der Waals surface area contributed by atoms with Crippen LogP contribution in [0.25, 0.3) is 0 Å². The predicted molar refractivity (Wildman–Crippen MR) is 79.0 cm³/mol. The summed E-state index contributed by atoms with van der Waals surface area (Å²) < 4.78 is 5.18. The molecule has 20 heavy (non-hydrogen) atoms. The number of alkyl carbamates (subject to hydrolysis) is 1. The Morgan fingerprint density at radius 1 is 1.35 bits per heavy atom. The quantitative estimate of drug-likeness (QED) is 0.832. The van der Waals surface area contributed by atoms with Crippen LogP contribution in [0.3, 0.4) is 0 Å². The Balaban J connectivity index is 1.73. The van der Waals surface area contributed by atoms with Gasteiger partial charge in [-0.25, -0.2) is 4.79 Å². The minimum atomic E-state index is -0.435. The Labute approximate surface area is 120 Å². The SMILES string of the molecule is C#CC(CC1CCCC1)NC(=O)OCc1ccccc1. The van der Waals surface area contributed by atoms with Crippen molar-refractivity contribution >= 4 is 6.09 Å². The molecule has 1 aromatic rings.